The third kappa shape index (κ3) is 5.04. The van der Waals surface area contributed by atoms with E-state index in [2.05, 4.69) is 15.6 Å². The van der Waals surface area contributed by atoms with Crippen molar-refractivity contribution in [3.05, 3.63) is 71.1 Å². The number of nitrogens with one attached hydrogen (secondary N) is 2. The normalized spacial score (nSPS) is 19.1. The Bertz CT molecular complexity index is 1020. The minimum absolute atomic E-state index is 0.0518. The molecule has 0 radical (unpaired) electrons. The van der Waals surface area contributed by atoms with Crippen molar-refractivity contribution in [3.63, 3.8) is 0 Å². The summed E-state index contributed by atoms with van der Waals surface area (Å²) in [5, 5.41) is 8.45. The maximum absolute atomic E-state index is 13.3. The van der Waals surface area contributed by atoms with Crippen LogP contribution < -0.4 is 10.6 Å². The van der Waals surface area contributed by atoms with E-state index in [-0.39, 0.29) is 24.2 Å². The van der Waals surface area contributed by atoms with Gasteiger partial charge in [-0.25, -0.2) is 4.39 Å². The van der Waals surface area contributed by atoms with E-state index in [4.69, 9.17) is 11.6 Å². The molecule has 2 aromatic carbocycles. The topological polar surface area (TPSA) is 54.0 Å². The molecule has 6 heteroatoms. The van der Waals surface area contributed by atoms with Crippen molar-refractivity contribution in [3.8, 4) is 0 Å². The second kappa shape index (κ2) is 8.78. The lowest BCUT2D eigenvalue weighted by Crippen LogP contribution is -2.40. The van der Waals surface area contributed by atoms with Gasteiger partial charge in [0.1, 0.15) is 5.82 Å². The standard InChI is InChI=1S/C23H23ClFN3O/c24-16-4-9-20-21(10-11-26-22(20)14-16)27-18-5-7-19(8-6-18)28-23(29)13-15-2-1-3-17(25)12-15/h1-4,9-12,14,18-19H,5-8,13H2,(H,26,27)(H,28,29)/t18-,19+. The predicted molar refractivity (Wildman–Crippen MR) is 115 cm³/mol. The Morgan fingerprint density at radius 3 is 2.66 bits per heavy atom. The molecule has 150 valence electrons. The van der Waals surface area contributed by atoms with E-state index in [1.54, 1.807) is 18.3 Å². The van der Waals surface area contributed by atoms with Gasteiger partial charge in [0.05, 0.1) is 11.9 Å². The van der Waals surface area contributed by atoms with Crippen molar-refractivity contribution >= 4 is 34.1 Å². The number of fused-ring (bicyclic) bond motifs is 1. The summed E-state index contributed by atoms with van der Waals surface area (Å²) in [4.78, 5) is 16.7. The van der Waals surface area contributed by atoms with Crippen molar-refractivity contribution in [1.29, 1.82) is 0 Å². The monoisotopic (exact) mass is 411 g/mol. The van der Waals surface area contributed by atoms with Gasteiger partial charge in [-0.3, -0.25) is 9.78 Å². The summed E-state index contributed by atoms with van der Waals surface area (Å²) in [5.41, 5.74) is 2.63. The Morgan fingerprint density at radius 2 is 1.86 bits per heavy atom. The molecule has 29 heavy (non-hydrogen) atoms. The number of aromatic nitrogens is 1. The number of carbonyl (C=O) groups is 1. The highest BCUT2D eigenvalue weighted by atomic mass is 35.5. The fourth-order valence-electron chi connectivity index (χ4n) is 3.96. The van der Waals surface area contributed by atoms with E-state index in [9.17, 15) is 9.18 Å². The molecular formula is C23H23ClFN3O. The zero-order valence-corrected chi connectivity index (χ0v) is 16.8. The minimum Gasteiger partial charge on any atom is -0.382 e. The molecule has 3 aromatic rings. The number of nitrogens with zero attached hydrogens (tertiary/aromatic N) is 1. The number of pyridine rings is 1. The van der Waals surface area contributed by atoms with E-state index < -0.39 is 0 Å². The number of hydrogen-bond acceptors (Lipinski definition) is 3. The second-order valence-electron chi connectivity index (χ2n) is 7.59. The summed E-state index contributed by atoms with van der Waals surface area (Å²) in [7, 11) is 0. The first kappa shape index (κ1) is 19.6. The molecule has 1 heterocycles. The molecule has 1 amide bonds. The molecule has 1 aliphatic rings. The van der Waals surface area contributed by atoms with Gasteiger partial charge in [-0.2, -0.15) is 0 Å². The minimum atomic E-state index is -0.312. The molecule has 0 bridgehead atoms. The van der Waals surface area contributed by atoms with Gasteiger partial charge in [0, 0.05) is 34.4 Å². The Hall–Kier alpha value is -2.66. The number of benzene rings is 2. The molecule has 0 aliphatic heterocycles. The smallest absolute Gasteiger partial charge is 0.224 e. The van der Waals surface area contributed by atoms with Crippen LogP contribution in [0.5, 0.6) is 0 Å². The lowest BCUT2D eigenvalue weighted by Gasteiger charge is -2.30. The first-order valence-corrected chi connectivity index (χ1v) is 10.3. The maximum atomic E-state index is 13.3. The van der Waals surface area contributed by atoms with Crippen LogP contribution in [-0.2, 0) is 11.2 Å². The first-order chi connectivity index (χ1) is 14.1. The first-order valence-electron chi connectivity index (χ1n) is 9.91. The van der Waals surface area contributed by atoms with Crippen molar-refractivity contribution in [2.45, 2.75) is 44.2 Å². The van der Waals surface area contributed by atoms with Gasteiger partial charge >= 0.3 is 0 Å². The van der Waals surface area contributed by atoms with Crippen LogP contribution in [-0.4, -0.2) is 23.0 Å². The molecule has 0 saturated heterocycles. The lowest BCUT2D eigenvalue weighted by atomic mass is 9.90. The van der Waals surface area contributed by atoms with Gasteiger partial charge in [0.25, 0.3) is 0 Å². The summed E-state index contributed by atoms with van der Waals surface area (Å²) in [6.07, 6.45) is 5.79. The van der Waals surface area contributed by atoms with Gasteiger partial charge in [-0.05, 0) is 67.6 Å². The van der Waals surface area contributed by atoms with Crippen molar-refractivity contribution in [2.75, 3.05) is 5.32 Å². The van der Waals surface area contributed by atoms with Crippen LogP contribution in [0.15, 0.2) is 54.7 Å². The van der Waals surface area contributed by atoms with Crippen LogP contribution in [0.2, 0.25) is 5.02 Å². The molecule has 0 spiro atoms. The SMILES string of the molecule is O=C(Cc1cccc(F)c1)N[C@H]1CC[C@@H](Nc2ccnc3cc(Cl)ccc23)CC1. The van der Waals surface area contributed by atoms with Crippen molar-refractivity contribution in [1.82, 2.24) is 10.3 Å². The van der Waals surface area contributed by atoms with Gasteiger partial charge in [0.2, 0.25) is 5.91 Å². The molecule has 2 N–H and O–H groups in total. The zero-order chi connectivity index (χ0) is 20.2. The van der Waals surface area contributed by atoms with Crippen LogP contribution in [0, 0.1) is 5.82 Å². The fourth-order valence-corrected chi connectivity index (χ4v) is 4.13. The fraction of sp³-hybridized carbons (Fsp3) is 0.304. The molecule has 4 rings (SSSR count). The highest BCUT2D eigenvalue weighted by Gasteiger charge is 2.23. The number of halogens is 2. The average Bonchev–Trinajstić information content (AvgIpc) is 2.69. The van der Waals surface area contributed by atoms with E-state index in [0.29, 0.717) is 16.6 Å². The predicted octanol–water partition coefficient (Wildman–Crippen LogP) is 5.11. The second-order valence-corrected chi connectivity index (χ2v) is 8.02. The van der Waals surface area contributed by atoms with Gasteiger partial charge < -0.3 is 10.6 Å². The number of amides is 1. The third-order valence-corrected chi connectivity index (χ3v) is 5.65. The zero-order valence-electron chi connectivity index (χ0n) is 16.0. The Labute approximate surface area is 174 Å². The van der Waals surface area contributed by atoms with Crippen LogP contribution in [0.1, 0.15) is 31.2 Å². The van der Waals surface area contributed by atoms with Crippen LogP contribution >= 0.6 is 11.6 Å². The quantitative estimate of drug-likeness (QED) is 0.613. The largest absolute Gasteiger partial charge is 0.382 e. The lowest BCUT2D eigenvalue weighted by molar-refractivity contribution is -0.121. The molecule has 1 aromatic heterocycles. The van der Waals surface area contributed by atoms with E-state index in [1.807, 2.05) is 24.3 Å². The van der Waals surface area contributed by atoms with E-state index in [1.165, 1.54) is 12.1 Å². The summed E-state index contributed by atoms with van der Waals surface area (Å²) in [6.45, 7) is 0. The maximum Gasteiger partial charge on any atom is 0.224 e. The van der Waals surface area contributed by atoms with Crippen LogP contribution in [0.3, 0.4) is 0 Å². The molecule has 0 unspecified atom stereocenters. The number of anilines is 1. The summed E-state index contributed by atoms with van der Waals surface area (Å²) in [6, 6.07) is 14.4. The molecular weight excluding hydrogens is 389 g/mol. The molecule has 4 nitrogen and oxygen atoms in total. The number of hydrogen-bond donors (Lipinski definition) is 2. The Kier molecular flexibility index (Phi) is 5.95. The van der Waals surface area contributed by atoms with Crippen molar-refractivity contribution in [2.24, 2.45) is 0 Å². The summed E-state index contributed by atoms with van der Waals surface area (Å²) in [5.74, 6) is -0.364. The van der Waals surface area contributed by atoms with Crippen molar-refractivity contribution < 1.29 is 9.18 Å². The van der Waals surface area contributed by atoms with Gasteiger partial charge in [0.15, 0.2) is 0 Å². The number of rotatable bonds is 5. The van der Waals surface area contributed by atoms with Crippen LogP contribution in [0.25, 0.3) is 10.9 Å². The summed E-state index contributed by atoms with van der Waals surface area (Å²) >= 11 is 6.07. The molecule has 1 saturated carbocycles. The summed E-state index contributed by atoms with van der Waals surface area (Å²) < 4.78 is 13.3. The highest BCUT2D eigenvalue weighted by Crippen LogP contribution is 2.28. The number of carbonyl (C=O) groups excluding carboxylic acids is 1. The van der Waals surface area contributed by atoms with E-state index in [0.717, 1.165) is 42.3 Å². The van der Waals surface area contributed by atoms with Gasteiger partial charge in [-0.1, -0.05) is 23.7 Å². The Morgan fingerprint density at radius 1 is 1.07 bits per heavy atom. The highest BCUT2D eigenvalue weighted by molar-refractivity contribution is 6.31. The van der Waals surface area contributed by atoms with Crippen LogP contribution in [0.4, 0.5) is 10.1 Å². The molecule has 0 atom stereocenters. The Balaban J connectivity index is 1.30. The van der Waals surface area contributed by atoms with Gasteiger partial charge in [-0.15, -0.1) is 0 Å². The molecule has 1 aliphatic carbocycles. The molecule has 1 fully saturated rings. The van der Waals surface area contributed by atoms with E-state index >= 15 is 0 Å². The third-order valence-electron chi connectivity index (χ3n) is 5.41. The average molecular weight is 412 g/mol.